The maximum atomic E-state index is 5.55. The molecule has 16 heavy (non-hydrogen) atoms. The fourth-order valence-electron chi connectivity index (χ4n) is 1.53. The van der Waals surface area contributed by atoms with E-state index in [-0.39, 0.29) is 6.04 Å². The SMILES string of the molecule is CNC(Cc1nc(C)cs1)c1ccc(Br)o1. The molecule has 0 aromatic carbocycles. The summed E-state index contributed by atoms with van der Waals surface area (Å²) >= 11 is 5.00. The lowest BCUT2D eigenvalue weighted by atomic mass is 10.1. The van der Waals surface area contributed by atoms with Crippen molar-refractivity contribution in [1.29, 1.82) is 0 Å². The number of nitrogens with one attached hydrogen (secondary N) is 1. The summed E-state index contributed by atoms with van der Waals surface area (Å²) in [7, 11) is 1.93. The number of rotatable bonds is 4. The highest BCUT2D eigenvalue weighted by Gasteiger charge is 2.15. The van der Waals surface area contributed by atoms with Crippen LogP contribution in [0.2, 0.25) is 0 Å². The predicted octanol–water partition coefficient (Wildman–Crippen LogP) is 3.31. The van der Waals surface area contributed by atoms with Crippen molar-refractivity contribution in [2.24, 2.45) is 0 Å². The number of hydrogen-bond acceptors (Lipinski definition) is 4. The molecule has 0 aliphatic carbocycles. The van der Waals surface area contributed by atoms with Crippen LogP contribution in [0.15, 0.2) is 26.6 Å². The molecule has 2 heterocycles. The van der Waals surface area contributed by atoms with E-state index in [0.717, 1.165) is 27.6 Å². The molecule has 3 nitrogen and oxygen atoms in total. The van der Waals surface area contributed by atoms with E-state index < -0.39 is 0 Å². The monoisotopic (exact) mass is 300 g/mol. The Morgan fingerprint density at radius 1 is 1.56 bits per heavy atom. The first-order chi connectivity index (χ1) is 7.69. The number of nitrogens with zero attached hydrogens (tertiary/aromatic N) is 1. The van der Waals surface area contributed by atoms with Crippen molar-refractivity contribution in [3.63, 3.8) is 0 Å². The van der Waals surface area contributed by atoms with Gasteiger partial charge in [0, 0.05) is 17.5 Å². The van der Waals surface area contributed by atoms with E-state index in [1.165, 1.54) is 0 Å². The molecule has 2 aromatic rings. The summed E-state index contributed by atoms with van der Waals surface area (Å²) < 4.78 is 6.31. The topological polar surface area (TPSA) is 38.1 Å². The van der Waals surface area contributed by atoms with Crippen LogP contribution in [-0.2, 0) is 6.42 Å². The molecule has 0 radical (unpaired) electrons. The zero-order chi connectivity index (χ0) is 11.5. The highest BCUT2D eigenvalue weighted by atomic mass is 79.9. The molecule has 1 atom stereocenters. The molecule has 0 saturated carbocycles. The van der Waals surface area contributed by atoms with Crippen LogP contribution in [0.5, 0.6) is 0 Å². The lowest BCUT2D eigenvalue weighted by Gasteiger charge is -2.11. The standard InChI is InChI=1S/C11H13BrN2OS/c1-7-6-16-11(14-7)5-8(13-2)9-3-4-10(12)15-9/h3-4,6,8,13H,5H2,1-2H3. The number of halogens is 1. The van der Waals surface area contributed by atoms with Gasteiger partial charge in [0.2, 0.25) is 0 Å². The van der Waals surface area contributed by atoms with Gasteiger partial charge >= 0.3 is 0 Å². The van der Waals surface area contributed by atoms with E-state index in [1.54, 1.807) is 11.3 Å². The summed E-state index contributed by atoms with van der Waals surface area (Å²) in [5.74, 6) is 0.933. The third-order valence-corrected chi connectivity index (χ3v) is 3.75. The summed E-state index contributed by atoms with van der Waals surface area (Å²) in [6, 6.07) is 4.07. The van der Waals surface area contributed by atoms with Crippen LogP contribution in [0.3, 0.4) is 0 Å². The van der Waals surface area contributed by atoms with Gasteiger partial charge in [-0.3, -0.25) is 0 Å². The fourth-order valence-corrected chi connectivity index (χ4v) is 2.67. The van der Waals surface area contributed by atoms with Gasteiger partial charge in [0.25, 0.3) is 0 Å². The van der Waals surface area contributed by atoms with E-state index in [9.17, 15) is 0 Å². The lowest BCUT2D eigenvalue weighted by molar-refractivity contribution is 0.416. The molecule has 1 unspecified atom stereocenters. The molecule has 0 amide bonds. The summed E-state index contributed by atoms with van der Waals surface area (Å²) in [5.41, 5.74) is 1.08. The van der Waals surface area contributed by atoms with E-state index in [1.807, 2.05) is 26.1 Å². The fraction of sp³-hybridized carbons (Fsp3) is 0.364. The lowest BCUT2D eigenvalue weighted by Crippen LogP contribution is -2.18. The summed E-state index contributed by atoms with van der Waals surface area (Å²) in [6.45, 7) is 2.01. The molecule has 0 spiro atoms. The Bertz CT molecular complexity index is 466. The van der Waals surface area contributed by atoms with Gasteiger partial charge in [0.1, 0.15) is 5.76 Å². The molecule has 86 valence electrons. The van der Waals surface area contributed by atoms with Gasteiger partial charge in [0.15, 0.2) is 4.67 Å². The molecule has 5 heteroatoms. The summed E-state index contributed by atoms with van der Waals surface area (Å²) in [5, 5.41) is 6.44. The van der Waals surface area contributed by atoms with Crippen LogP contribution in [0.1, 0.15) is 22.5 Å². The second kappa shape index (κ2) is 5.12. The van der Waals surface area contributed by atoms with Crippen molar-refractivity contribution in [2.75, 3.05) is 7.05 Å². The smallest absolute Gasteiger partial charge is 0.169 e. The Kier molecular flexibility index (Phi) is 3.78. The van der Waals surface area contributed by atoms with Gasteiger partial charge < -0.3 is 9.73 Å². The van der Waals surface area contributed by atoms with E-state index >= 15 is 0 Å². The first kappa shape index (κ1) is 11.8. The number of aryl methyl sites for hydroxylation is 1. The Morgan fingerprint density at radius 2 is 2.38 bits per heavy atom. The van der Waals surface area contributed by atoms with Gasteiger partial charge in [-0.05, 0) is 42.0 Å². The second-order valence-electron chi connectivity index (χ2n) is 3.57. The molecule has 0 aliphatic rings. The average molecular weight is 301 g/mol. The van der Waals surface area contributed by atoms with Gasteiger partial charge in [-0.15, -0.1) is 11.3 Å². The van der Waals surface area contributed by atoms with Crippen LogP contribution >= 0.6 is 27.3 Å². The zero-order valence-corrected chi connectivity index (χ0v) is 11.6. The van der Waals surface area contributed by atoms with Gasteiger partial charge in [-0.1, -0.05) is 0 Å². The van der Waals surface area contributed by atoms with Gasteiger partial charge in [0.05, 0.1) is 11.0 Å². The molecule has 0 saturated heterocycles. The Balaban J connectivity index is 2.12. The number of aromatic nitrogens is 1. The minimum atomic E-state index is 0.178. The van der Waals surface area contributed by atoms with Crippen LogP contribution < -0.4 is 5.32 Å². The molecule has 2 aromatic heterocycles. The Morgan fingerprint density at radius 3 is 2.88 bits per heavy atom. The van der Waals surface area contributed by atoms with Crippen molar-refractivity contribution in [3.05, 3.63) is 38.6 Å². The largest absolute Gasteiger partial charge is 0.453 e. The maximum Gasteiger partial charge on any atom is 0.169 e. The van der Waals surface area contributed by atoms with Crippen molar-refractivity contribution in [2.45, 2.75) is 19.4 Å². The number of thiazole rings is 1. The minimum Gasteiger partial charge on any atom is -0.453 e. The Hall–Kier alpha value is -0.650. The summed E-state index contributed by atoms with van der Waals surface area (Å²) in [4.78, 5) is 4.46. The molecule has 1 N–H and O–H groups in total. The first-order valence-electron chi connectivity index (χ1n) is 5.02. The highest BCUT2D eigenvalue weighted by Crippen LogP contribution is 2.24. The van der Waals surface area contributed by atoms with Gasteiger partial charge in [-0.2, -0.15) is 0 Å². The van der Waals surface area contributed by atoms with E-state index in [2.05, 4.69) is 31.6 Å². The van der Waals surface area contributed by atoms with Crippen LogP contribution in [0.4, 0.5) is 0 Å². The van der Waals surface area contributed by atoms with E-state index in [4.69, 9.17) is 4.42 Å². The van der Waals surface area contributed by atoms with E-state index in [0.29, 0.717) is 0 Å². The van der Waals surface area contributed by atoms with Crippen LogP contribution in [0, 0.1) is 6.92 Å². The quantitative estimate of drug-likeness (QED) is 0.941. The highest BCUT2D eigenvalue weighted by molar-refractivity contribution is 9.10. The zero-order valence-electron chi connectivity index (χ0n) is 9.16. The number of hydrogen-bond donors (Lipinski definition) is 1. The normalized spacial score (nSPS) is 12.9. The molecule has 2 rings (SSSR count). The van der Waals surface area contributed by atoms with Crippen molar-refractivity contribution < 1.29 is 4.42 Å². The van der Waals surface area contributed by atoms with Crippen LogP contribution in [-0.4, -0.2) is 12.0 Å². The third kappa shape index (κ3) is 2.72. The van der Waals surface area contributed by atoms with Gasteiger partial charge in [-0.25, -0.2) is 4.98 Å². The maximum absolute atomic E-state index is 5.55. The van der Waals surface area contributed by atoms with Crippen molar-refractivity contribution >= 4 is 27.3 Å². The second-order valence-corrected chi connectivity index (χ2v) is 5.29. The number of likely N-dealkylation sites (N-methyl/N-ethyl adjacent to an activating group) is 1. The molecule has 0 fully saturated rings. The van der Waals surface area contributed by atoms with Crippen molar-refractivity contribution in [1.82, 2.24) is 10.3 Å². The summed E-state index contributed by atoms with van der Waals surface area (Å²) in [6.07, 6.45) is 0.856. The molecular formula is C11H13BrN2OS. The van der Waals surface area contributed by atoms with Crippen molar-refractivity contribution in [3.8, 4) is 0 Å². The van der Waals surface area contributed by atoms with Crippen LogP contribution in [0.25, 0.3) is 0 Å². The molecular weight excluding hydrogens is 288 g/mol. The predicted molar refractivity (Wildman–Crippen MR) is 68.8 cm³/mol. The molecule has 0 aliphatic heterocycles. The average Bonchev–Trinajstić information content (AvgIpc) is 2.84. The third-order valence-electron chi connectivity index (χ3n) is 2.33. The molecule has 0 bridgehead atoms. The Labute approximate surface area is 107 Å². The minimum absolute atomic E-state index is 0.178. The first-order valence-corrected chi connectivity index (χ1v) is 6.70. The number of furan rings is 1.